The first kappa shape index (κ1) is 15.0. The molecule has 3 nitrogen and oxygen atoms in total. The van der Waals surface area contributed by atoms with Crippen molar-refractivity contribution in [3.8, 4) is 0 Å². The van der Waals surface area contributed by atoms with Crippen molar-refractivity contribution in [3.63, 3.8) is 0 Å². The van der Waals surface area contributed by atoms with Crippen molar-refractivity contribution in [1.29, 1.82) is 0 Å². The van der Waals surface area contributed by atoms with E-state index in [4.69, 9.17) is 0 Å². The van der Waals surface area contributed by atoms with Crippen LogP contribution in [0.2, 0.25) is 0 Å². The lowest BCUT2D eigenvalue weighted by molar-refractivity contribution is -0.128. The zero-order valence-corrected chi connectivity index (χ0v) is 12.4. The third-order valence-electron chi connectivity index (χ3n) is 4.47. The average Bonchev–Trinajstić information content (AvgIpc) is 2.78. The molecule has 1 saturated carbocycles. The quantitative estimate of drug-likeness (QED) is 0.867. The number of aliphatic hydroxyl groups excluding tert-OH is 1. The van der Waals surface area contributed by atoms with Gasteiger partial charge in [0, 0.05) is 5.92 Å². The minimum Gasteiger partial charge on any atom is -0.394 e. The van der Waals surface area contributed by atoms with Crippen LogP contribution in [0.1, 0.15) is 38.7 Å². The number of nitrogens with one attached hydrogen (secondary N) is 1. The van der Waals surface area contributed by atoms with Crippen molar-refractivity contribution >= 4 is 5.91 Å². The van der Waals surface area contributed by atoms with E-state index in [2.05, 4.69) is 19.2 Å². The largest absolute Gasteiger partial charge is 0.394 e. The Labute approximate surface area is 121 Å². The summed E-state index contributed by atoms with van der Waals surface area (Å²) in [5, 5.41) is 12.5. The van der Waals surface area contributed by atoms with Crippen LogP contribution in [0.25, 0.3) is 0 Å². The molecule has 2 atom stereocenters. The fourth-order valence-electron chi connectivity index (χ4n) is 3.17. The van der Waals surface area contributed by atoms with Crippen LogP contribution in [0.15, 0.2) is 30.3 Å². The highest BCUT2D eigenvalue weighted by molar-refractivity contribution is 5.80. The van der Waals surface area contributed by atoms with Gasteiger partial charge in [-0.15, -0.1) is 0 Å². The second-order valence-electron chi connectivity index (χ2n) is 6.51. The number of benzene rings is 1. The van der Waals surface area contributed by atoms with E-state index >= 15 is 0 Å². The molecule has 0 aliphatic heterocycles. The van der Waals surface area contributed by atoms with Gasteiger partial charge in [-0.1, -0.05) is 50.6 Å². The number of rotatable bonds is 5. The lowest BCUT2D eigenvalue weighted by atomic mass is 9.81. The SMILES string of the molecule is CC1(C)CCCC1C(=O)NC(CO)Cc1ccccc1. The second-order valence-corrected chi connectivity index (χ2v) is 6.51. The summed E-state index contributed by atoms with van der Waals surface area (Å²) >= 11 is 0. The number of hydrogen-bond donors (Lipinski definition) is 2. The van der Waals surface area contributed by atoms with E-state index in [9.17, 15) is 9.90 Å². The Morgan fingerprint density at radius 3 is 2.65 bits per heavy atom. The minimum absolute atomic E-state index is 0.0201. The van der Waals surface area contributed by atoms with E-state index in [1.54, 1.807) is 0 Å². The molecule has 20 heavy (non-hydrogen) atoms. The van der Waals surface area contributed by atoms with Gasteiger partial charge in [0.15, 0.2) is 0 Å². The first-order valence-electron chi connectivity index (χ1n) is 7.48. The minimum atomic E-state index is -0.193. The number of aliphatic hydroxyl groups is 1. The van der Waals surface area contributed by atoms with Crippen LogP contribution in [-0.2, 0) is 11.2 Å². The predicted octanol–water partition coefficient (Wildman–Crippen LogP) is 2.53. The summed E-state index contributed by atoms with van der Waals surface area (Å²) in [5.74, 6) is 0.176. The fraction of sp³-hybridized carbons (Fsp3) is 0.588. The summed E-state index contributed by atoms with van der Waals surface area (Å²) in [6.07, 6.45) is 3.86. The van der Waals surface area contributed by atoms with Crippen LogP contribution in [0.3, 0.4) is 0 Å². The van der Waals surface area contributed by atoms with Crippen molar-refractivity contribution in [2.45, 2.75) is 45.6 Å². The van der Waals surface area contributed by atoms with Crippen LogP contribution in [0.5, 0.6) is 0 Å². The van der Waals surface area contributed by atoms with Crippen LogP contribution in [-0.4, -0.2) is 23.7 Å². The third kappa shape index (κ3) is 3.60. The van der Waals surface area contributed by atoms with Crippen LogP contribution in [0, 0.1) is 11.3 Å². The Bertz CT molecular complexity index is 442. The normalized spacial score (nSPS) is 22.4. The van der Waals surface area contributed by atoms with E-state index in [0.717, 1.165) is 24.8 Å². The summed E-state index contributed by atoms with van der Waals surface area (Å²) in [5.41, 5.74) is 1.22. The van der Waals surface area contributed by atoms with E-state index < -0.39 is 0 Å². The maximum absolute atomic E-state index is 12.4. The van der Waals surface area contributed by atoms with E-state index in [0.29, 0.717) is 6.42 Å². The zero-order valence-electron chi connectivity index (χ0n) is 12.4. The molecule has 2 unspecified atom stereocenters. The lowest BCUT2D eigenvalue weighted by Gasteiger charge is -2.28. The van der Waals surface area contributed by atoms with Crippen LogP contribution >= 0.6 is 0 Å². The molecule has 2 N–H and O–H groups in total. The monoisotopic (exact) mass is 275 g/mol. The maximum atomic E-state index is 12.4. The number of hydrogen-bond acceptors (Lipinski definition) is 2. The van der Waals surface area contributed by atoms with E-state index in [-0.39, 0.29) is 29.9 Å². The number of carbonyl (C=O) groups excluding carboxylic acids is 1. The topological polar surface area (TPSA) is 49.3 Å². The lowest BCUT2D eigenvalue weighted by Crippen LogP contribution is -2.44. The molecule has 3 heteroatoms. The molecule has 1 aromatic carbocycles. The molecule has 0 spiro atoms. The first-order chi connectivity index (χ1) is 9.53. The van der Waals surface area contributed by atoms with Crippen molar-refractivity contribution in [3.05, 3.63) is 35.9 Å². The number of carbonyl (C=O) groups is 1. The highest BCUT2D eigenvalue weighted by Crippen LogP contribution is 2.42. The van der Waals surface area contributed by atoms with Crippen molar-refractivity contribution < 1.29 is 9.90 Å². The highest BCUT2D eigenvalue weighted by Gasteiger charge is 2.39. The summed E-state index contributed by atoms with van der Waals surface area (Å²) in [7, 11) is 0. The molecule has 0 radical (unpaired) electrons. The number of amides is 1. The van der Waals surface area contributed by atoms with Gasteiger partial charge in [-0.25, -0.2) is 0 Å². The maximum Gasteiger partial charge on any atom is 0.223 e. The first-order valence-corrected chi connectivity index (χ1v) is 7.48. The molecule has 1 aromatic rings. The summed E-state index contributed by atoms with van der Waals surface area (Å²) in [6.45, 7) is 4.30. The predicted molar refractivity (Wildman–Crippen MR) is 80.3 cm³/mol. The van der Waals surface area contributed by atoms with Gasteiger partial charge in [0.05, 0.1) is 12.6 Å². The molecule has 0 bridgehead atoms. The average molecular weight is 275 g/mol. The molecular weight excluding hydrogens is 250 g/mol. The Balaban J connectivity index is 1.95. The highest BCUT2D eigenvalue weighted by atomic mass is 16.3. The van der Waals surface area contributed by atoms with Gasteiger partial charge >= 0.3 is 0 Å². The Morgan fingerprint density at radius 2 is 2.10 bits per heavy atom. The molecule has 2 rings (SSSR count). The van der Waals surface area contributed by atoms with Crippen molar-refractivity contribution in [2.24, 2.45) is 11.3 Å². The smallest absolute Gasteiger partial charge is 0.223 e. The second kappa shape index (κ2) is 6.40. The van der Waals surface area contributed by atoms with Crippen LogP contribution in [0.4, 0.5) is 0 Å². The van der Waals surface area contributed by atoms with Gasteiger partial charge in [-0.2, -0.15) is 0 Å². The van der Waals surface area contributed by atoms with Gasteiger partial charge in [-0.3, -0.25) is 4.79 Å². The van der Waals surface area contributed by atoms with E-state index in [1.807, 2.05) is 30.3 Å². The van der Waals surface area contributed by atoms with Gasteiger partial charge in [-0.05, 0) is 30.2 Å². The molecule has 0 aromatic heterocycles. The molecule has 1 aliphatic carbocycles. The Morgan fingerprint density at radius 1 is 1.40 bits per heavy atom. The summed E-state index contributed by atoms with van der Waals surface area (Å²) in [6, 6.07) is 9.78. The third-order valence-corrected chi connectivity index (χ3v) is 4.47. The molecule has 110 valence electrons. The molecule has 0 saturated heterocycles. The van der Waals surface area contributed by atoms with Gasteiger partial charge in [0.25, 0.3) is 0 Å². The molecule has 1 aliphatic rings. The fourth-order valence-corrected chi connectivity index (χ4v) is 3.17. The van der Waals surface area contributed by atoms with Gasteiger partial charge in [0.1, 0.15) is 0 Å². The molecule has 0 heterocycles. The summed E-state index contributed by atoms with van der Waals surface area (Å²) < 4.78 is 0. The molecule has 1 fully saturated rings. The summed E-state index contributed by atoms with van der Waals surface area (Å²) in [4.78, 5) is 12.4. The van der Waals surface area contributed by atoms with Gasteiger partial charge in [0.2, 0.25) is 5.91 Å². The van der Waals surface area contributed by atoms with E-state index in [1.165, 1.54) is 0 Å². The zero-order chi connectivity index (χ0) is 14.6. The Hall–Kier alpha value is -1.35. The van der Waals surface area contributed by atoms with Gasteiger partial charge < -0.3 is 10.4 Å². The molecular formula is C17H25NO2. The standard InChI is InChI=1S/C17H25NO2/c1-17(2)10-6-9-15(17)16(20)18-14(12-19)11-13-7-4-3-5-8-13/h3-5,7-8,14-15,19H,6,9-12H2,1-2H3,(H,18,20). The molecule has 1 amide bonds. The van der Waals surface area contributed by atoms with Crippen LogP contribution < -0.4 is 5.32 Å². The Kier molecular flexibility index (Phi) is 4.81. The van der Waals surface area contributed by atoms with Crippen molar-refractivity contribution in [1.82, 2.24) is 5.32 Å². The van der Waals surface area contributed by atoms with Crippen molar-refractivity contribution in [2.75, 3.05) is 6.61 Å².